The number of nitrogens with one attached hydrogen (secondary N) is 2. The molecule has 0 atom stereocenters. The first-order valence-electron chi connectivity index (χ1n) is 9.41. The first kappa shape index (κ1) is 20.1. The van der Waals surface area contributed by atoms with Crippen molar-refractivity contribution >= 4 is 29.2 Å². The average Bonchev–Trinajstić information content (AvgIpc) is 2.68. The highest BCUT2D eigenvalue weighted by Gasteiger charge is 2.06. The smallest absolute Gasteiger partial charge is 0.248 e. The maximum Gasteiger partial charge on any atom is 0.248 e. The summed E-state index contributed by atoms with van der Waals surface area (Å²) in [5.74, 6) is 1.62. The van der Waals surface area contributed by atoms with Gasteiger partial charge in [0.15, 0.2) is 0 Å². The van der Waals surface area contributed by atoms with Gasteiger partial charge in [0.2, 0.25) is 11.8 Å². The summed E-state index contributed by atoms with van der Waals surface area (Å²) in [4.78, 5) is 20.7. The Morgan fingerprint density at radius 3 is 2.38 bits per heavy atom. The lowest BCUT2D eigenvalue weighted by molar-refractivity contribution is -0.111. The van der Waals surface area contributed by atoms with Gasteiger partial charge in [0, 0.05) is 23.5 Å². The highest BCUT2D eigenvalue weighted by atomic mass is 16.5. The molecule has 0 unspecified atom stereocenters. The number of carbonyl (C=O) groups is 1. The Labute approximate surface area is 170 Å². The van der Waals surface area contributed by atoms with E-state index < -0.39 is 0 Å². The van der Waals surface area contributed by atoms with Gasteiger partial charge in [-0.2, -0.15) is 4.98 Å². The largest absolute Gasteiger partial charge is 0.475 e. The molecule has 0 saturated heterocycles. The van der Waals surface area contributed by atoms with Gasteiger partial charge in [-0.15, -0.1) is 0 Å². The van der Waals surface area contributed by atoms with E-state index in [-0.39, 0.29) is 12.0 Å². The summed E-state index contributed by atoms with van der Waals surface area (Å²) in [5.41, 5.74) is 2.53. The summed E-state index contributed by atoms with van der Waals surface area (Å²) in [7, 11) is 0. The first-order chi connectivity index (χ1) is 14.0. The Hall–Kier alpha value is -3.67. The molecule has 0 saturated carbocycles. The highest BCUT2D eigenvalue weighted by Crippen LogP contribution is 2.21. The van der Waals surface area contributed by atoms with Crippen LogP contribution in [-0.4, -0.2) is 22.0 Å². The van der Waals surface area contributed by atoms with Crippen molar-refractivity contribution in [3.63, 3.8) is 0 Å². The topological polar surface area (TPSA) is 76.1 Å². The molecule has 0 spiro atoms. The highest BCUT2D eigenvalue weighted by molar-refractivity contribution is 6.02. The predicted octanol–water partition coefficient (Wildman–Crippen LogP) is 4.97. The summed E-state index contributed by atoms with van der Waals surface area (Å²) >= 11 is 0. The molecule has 6 heteroatoms. The van der Waals surface area contributed by atoms with Crippen LogP contribution < -0.4 is 15.4 Å². The van der Waals surface area contributed by atoms with Crippen molar-refractivity contribution in [2.24, 2.45) is 0 Å². The molecule has 1 amide bonds. The quantitative estimate of drug-likeness (QED) is 0.559. The minimum atomic E-state index is -0.184. The van der Waals surface area contributed by atoms with Crippen LogP contribution in [0, 0.1) is 6.92 Å². The predicted molar refractivity (Wildman–Crippen MR) is 116 cm³/mol. The lowest BCUT2D eigenvalue weighted by Gasteiger charge is -2.12. The number of rotatable bonds is 7. The van der Waals surface area contributed by atoms with Gasteiger partial charge in [-0.05, 0) is 56.7 Å². The van der Waals surface area contributed by atoms with Gasteiger partial charge in [0.1, 0.15) is 11.6 Å². The van der Waals surface area contributed by atoms with Crippen molar-refractivity contribution in [1.29, 1.82) is 0 Å². The average molecular weight is 388 g/mol. The molecule has 0 fully saturated rings. The van der Waals surface area contributed by atoms with Crippen molar-refractivity contribution in [3.8, 4) is 5.88 Å². The maximum absolute atomic E-state index is 12.1. The van der Waals surface area contributed by atoms with E-state index in [1.165, 1.54) is 6.08 Å². The molecule has 6 nitrogen and oxygen atoms in total. The molecule has 3 rings (SSSR count). The van der Waals surface area contributed by atoms with Crippen molar-refractivity contribution in [1.82, 2.24) is 9.97 Å². The Morgan fingerprint density at radius 1 is 1.00 bits per heavy atom. The molecular formula is C23H24N4O2. The summed E-state index contributed by atoms with van der Waals surface area (Å²) in [6.45, 7) is 5.72. The van der Waals surface area contributed by atoms with Crippen LogP contribution in [0.2, 0.25) is 0 Å². The molecular weight excluding hydrogens is 364 g/mol. The standard InChI is InChI=1S/C23H24N4O2/c1-16(2)29-23-15-21(24-17(3)25-23)26-19-10-12-20(13-11-19)27-22(28)14-9-18-7-5-4-6-8-18/h4-16H,1-3H3,(H,27,28)(H,24,25,26). The molecule has 0 aliphatic rings. The molecule has 0 radical (unpaired) electrons. The number of aryl methyl sites for hydroxylation is 1. The van der Waals surface area contributed by atoms with Gasteiger partial charge in [0.05, 0.1) is 6.10 Å². The second kappa shape index (κ2) is 9.50. The number of anilines is 3. The van der Waals surface area contributed by atoms with Gasteiger partial charge in [-0.3, -0.25) is 4.79 Å². The van der Waals surface area contributed by atoms with Crippen LogP contribution in [0.15, 0.2) is 66.7 Å². The van der Waals surface area contributed by atoms with Crippen LogP contribution in [0.4, 0.5) is 17.2 Å². The van der Waals surface area contributed by atoms with Gasteiger partial charge in [-0.25, -0.2) is 4.98 Å². The van der Waals surface area contributed by atoms with Crippen molar-refractivity contribution < 1.29 is 9.53 Å². The van der Waals surface area contributed by atoms with E-state index in [1.807, 2.05) is 75.4 Å². The SMILES string of the molecule is Cc1nc(Nc2ccc(NC(=O)C=Cc3ccccc3)cc2)cc(OC(C)C)n1. The summed E-state index contributed by atoms with van der Waals surface area (Å²) < 4.78 is 5.65. The fourth-order valence-corrected chi connectivity index (χ4v) is 2.61. The molecule has 29 heavy (non-hydrogen) atoms. The number of benzene rings is 2. The van der Waals surface area contributed by atoms with E-state index in [4.69, 9.17) is 4.74 Å². The second-order valence-corrected chi connectivity index (χ2v) is 6.74. The van der Waals surface area contributed by atoms with Crippen LogP contribution in [0.25, 0.3) is 6.08 Å². The minimum absolute atomic E-state index is 0.0379. The van der Waals surface area contributed by atoms with E-state index in [2.05, 4.69) is 20.6 Å². The molecule has 0 aliphatic carbocycles. The molecule has 1 aromatic heterocycles. The number of nitrogens with zero attached hydrogens (tertiary/aromatic N) is 2. The van der Waals surface area contributed by atoms with E-state index in [0.29, 0.717) is 23.2 Å². The number of hydrogen-bond donors (Lipinski definition) is 2. The number of carbonyl (C=O) groups excluding carboxylic acids is 1. The van der Waals surface area contributed by atoms with Crippen LogP contribution in [0.5, 0.6) is 5.88 Å². The van der Waals surface area contributed by atoms with Crippen LogP contribution in [-0.2, 0) is 4.79 Å². The Kier molecular flexibility index (Phi) is 6.58. The van der Waals surface area contributed by atoms with Gasteiger partial charge < -0.3 is 15.4 Å². The number of amides is 1. The molecule has 1 heterocycles. The van der Waals surface area contributed by atoms with Gasteiger partial charge in [0.25, 0.3) is 0 Å². The van der Waals surface area contributed by atoms with Crippen molar-refractivity contribution in [2.75, 3.05) is 10.6 Å². The summed E-state index contributed by atoms with van der Waals surface area (Å²) in [5, 5.41) is 6.07. The zero-order valence-electron chi connectivity index (χ0n) is 16.7. The van der Waals surface area contributed by atoms with Gasteiger partial charge in [-0.1, -0.05) is 30.3 Å². The Balaban J connectivity index is 1.61. The molecule has 0 aliphatic heterocycles. The fraction of sp³-hybridized carbons (Fsp3) is 0.174. The normalized spacial score (nSPS) is 10.9. The number of hydrogen-bond acceptors (Lipinski definition) is 5. The molecule has 0 bridgehead atoms. The molecule has 2 aromatic carbocycles. The molecule has 2 N–H and O–H groups in total. The maximum atomic E-state index is 12.1. The minimum Gasteiger partial charge on any atom is -0.475 e. The van der Waals surface area contributed by atoms with E-state index in [9.17, 15) is 4.79 Å². The molecule has 148 valence electrons. The van der Waals surface area contributed by atoms with E-state index in [1.54, 1.807) is 12.1 Å². The second-order valence-electron chi connectivity index (χ2n) is 6.74. The van der Waals surface area contributed by atoms with E-state index >= 15 is 0 Å². The molecule has 3 aromatic rings. The Morgan fingerprint density at radius 2 is 1.69 bits per heavy atom. The van der Waals surface area contributed by atoms with Crippen molar-refractivity contribution in [2.45, 2.75) is 26.9 Å². The summed E-state index contributed by atoms with van der Waals surface area (Å²) in [6, 6.07) is 18.8. The van der Waals surface area contributed by atoms with Crippen LogP contribution in [0.3, 0.4) is 0 Å². The van der Waals surface area contributed by atoms with Gasteiger partial charge >= 0.3 is 0 Å². The van der Waals surface area contributed by atoms with Crippen LogP contribution in [0.1, 0.15) is 25.2 Å². The van der Waals surface area contributed by atoms with Crippen LogP contribution >= 0.6 is 0 Å². The summed E-state index contributed by atoms with van der Waals surface area (Å²) in [6.07, 6.45) is 3.33. The monoisotopic (exact) mass is 388 g/mol. The van der Waals surface area contributed by atoms with Crippen molar-refractivity contribution in [3.05, 3.63) is 78.1 Å². The fourth-order valence-electron chi connectivity index (χ4n) is 2.61. The lowest BCUT2D eigenvalue weighted by Crippen LogP contribution is -2.09. The zero-order valence-corrected chi connectivity index (χ0v) is 16.7. The zero-order chi connectivity index (χ0) is 20.6. The number of ether oxygens (including phenoxy) is 1. The lowest BCUT2D eigenvalue weighted by atomic mass is 10.2. The Bertz CT molecular complexity index is 984. The number of aromatic nitrogens is 2. The third-order valence-corrected chi connectivity index (χ3v) is 3.82. The third kappa shape index (κ3) is 6.46. The van der Waals surface area contributed by atoms with E-state index in [0.717, 1.165) is 11.3 Å². The first-order valence-corrected chi connectivity index (χ1v) is 9.41. The third-order valence-electron chi connectivity index (χ3n) is 3.82.